The molecule has 0 fully saturated rings. The summed E-state index contributed by atoms with van der Waals surface area (Å²) < 4.78 is 1.94. The van der Waals surface area contributed by atoms with Crippen molar-refractivity contribution in [1.82, 2.24) is 9.78 Å². The maximum Gasteiger partial charge on any atom is 0.0881 e. The highest BCUT2D eigenvalue weighted by atomic mass is 15.3. The largest absolute Gasteiger partial charge is 0.233 e. The summed E-state index contributed by atoms with van der Waals surface area (Å²) in [7, 11) is 1.68. The summed E-state index contributed by atoms with van der Waals surface area (Å²) in [5.74, 6) is 0. The molecule has 21 heavy (non-hydrogen) atoms. The first-order valence-electron chi connectivity index (χ1n) is 6.80. The third kappa shape index (κ3) is 2.60. The van der Waals surface area contributed by atoms with Crippen LogP contribution in [0.15, 0.2) is 71.0 Å². The summed E-state index contributed by atoms with van der Waals surface area (Å²) in [5, 5.41) is 12.4. The van der Waals surface area contributed by atoms with Crippen molar-refractivity contribution in [3.05, 3.63) is 66.4 Å². The molecule has 0 atom stereocenters. The Morgan fingerprint density at radius 1 is 1.00 bits per heavy atom. The Hall–Kier alpha value is -2.75. The lowest BCUT2D eigenvalue weighted by Gasteiger charge is -2.09. The standard InChI is InChI=1S/C17H16N4/c1-13-12-14(8-9-16(13)20-18-2)17-10-11-19-21(17)15-6-4-3-5-7-15/h3-12H,1-2H3. The number of benzene rings is 2. The topological polar surface area (TPSA) is 42.5 Å². The van der Waals surface area contributed by atoms with Crippen LogP contribution in [-0.4, -0.2) is 16.8 Å². The van der Waals surface area contributed by atoms with E-state index >= 15 is 0 Å². The average molecular weight is 276 g/mol. The molecule has 0 aliphatic heterocycles. The molecule has 0 spiro atoms. The molecule has 0 radical (unpaired) electrons. The molecule has 3 aromatic rings. The van der Waals surface area contributed by atoms with Crippen LogP contribution in [-0.2, 0) is 0 Å². The van der Waals surface area contributed by atoms with Crippen LogP contribution in [0.5, 0.6) is 0 Å². The van der Waals surface area contributed by atoms with Gasteiger partial charge < -0.3 is 0 Å². The SMILES string of the molecule is CN=Nc1ccc(-c2ccnn2-c2ccccc2)cc1C. The van der Waals surface area contributed by atoms with Crippen LogP contribution in [0.2, 0.25) is 0 Å². The van der Waals surface area contributed by atoms with E-state index in [0.29, 0.717) is 0 Å². The molecule has 0 unspecified atom stereocenters. The number of nitrogens with zero attached hydrogens (tertiary/aromatic N) is 4. The van der Waals surface area contributed by atoms with Crippen LogP contribution in [0.4, 0.5) is 5.69 Å². The Morgan fingerprint density at radius 2 is 1.81 bits per heavy atom. The van der Waals surface area contributed by atoms with Crippen molar-refractivity contribution in [2.45, 2.75) is 6.92 Å². The van der Waals surface area contributed by atoms with Crippen molar-refractivity contribution in [3.8, 4) is 16.9 Å². The second kappa shape index (κ2) is 5.71. The maximum absolute atomic E-state index is 4.43. The van der Waals surface area contributed by atoms with Gasteiger partial charge in [-0.05, 0) is 42.8 Å². The van der Waals surface area contributed by atoms with Crippen LogP contribution < -0.4 is 0 Å². The zero-order valence-electron chi connectivity index (χ0n) is 12.1. The van der Waals surface area contributed by atoms with Gasteiger partial charge in [-0.25, -0.2) is 4.68 Å². The highest BCUT2D eigenvalue weighted by molar-refractivity contribution is 5.66. The zero-order chi connectivity index (χ0) is 14.7. The highest BCUT2D eigenvalue weighted by Gasteiger charge is 2.08. The zero-order valence-corrected chi connectivity index (χ0v) is 12.1. The lowest BCUT2D eigenvalue weighted by Crippen LogP contribution is -1.98. The average Bonchev–Trinajstić information content (AvgIpc) is 3.00. The molecule has 0 aliphatic rings. The van der Waals surface area contributed by atoms with E-state index in [-0.39, 0.29) is 0 Å². The molecule has 104 valence electrons. The van der Waals surface area contributed by atoms with E-state index < -0.39 is 0 Å². The van der Waals surface area contributed by atoms with E-state index in [4.69, 9.17) is 0 Å². The van der Waals surface area contributed by atoms with Crippen LogP contribution in [0.25, 0.3) is 16.9 Å². The number of aryl methyl sites for hydroxylation is 1. The van der Waals surface area contributed by atoms with Crippen LogP contribution in [0, 0.1) is 6.92 Å². The van der Waals surface area contributed by atoms with Crippen molar-refractivity contribution in [2.75, 3.05) is 7.05 Å². The van der Waals surface area contributed by atoms with Gasteiger partial charge in [-0.15, -0.1) is 0 Å². The summed E-state index contributed by atoms with van der Waals surface area (Å²) in [6.07, 6.45) is 1.82. The molecule has 3 rings (SSSR count). The summed E-state index contributed by atoms with van der Waals surface area (Å²) in [5.41, 5.74) is 5.21. The predicted molar refractivity (Wildman–Crippen MR) is 84.2 cm³/mol. The minimum atomic E-state index is 0.895. The van der Waals surface area contributed by atoms with Gasteiger partial charge in [0.15, 0.2) is 0 Å². The molecular weight excluding hydrogens is 260 g/mol. The Labute approximate surface area is 123 Å². The number of para-hydroxylation sites is 1. The van der Waals surface area contributed by atoms with Crippen molar-refractivity contribution in [1.29, 1.82) is 0 Å². The second-order valence-corrected chi connectivity index (χ2v) is 4.77. The second-order valence-electron chi connectivity index (χ2n) is 4.77. The fourth-order valence-electron chi connectivity index (χ4n) is 2.33. The van der Waals surface area contributed by atoms with Crippen molar-refractivity contribution >= 4 is 5.69 Å². The van der Waals surface area contributed by atoms with Crippen molar-refractivity contribution < 1.29 is 0 Å². The lowest BCUT2D eigenvalue weighted by molar-refractivity contribution is 0.888. The molecule has 1 aromatic heterocycles. The third-order valence-electron chi connectivity index (χ3n) is 3.34. The van der Waals surface area contributed by atoms with E-state index in [9.17, 15) is 0 Å². The van der Waals surface area contributed by atoms with Crippen LogP contribution in [0.3, 0.4) is 0 Å². The van der Waals surface area contributed by atoms with Gasteiger partial charge in [-0.3, -0.25) is 0 Å². The first kappa shape index (κ1) is 13.2. The smallest absolute Gasteiger partial charge is 0.0881 e. The minimum Gasteiger partial charge on any atom is -0.233 e. The van der Waals surface area contributed by atoms with E-state index in [1.54, 1.807) is 7.05 Å². The quantitative estimate of drug-likeness (QED) is 0.646. The fourth-order valence-corrected chi connectivity index (χ4v) is 2.33. The molecule has 0 aliphatic carbocycles. The number of azo groups is 1. The normalized spacial score (nSPS) is 11.1. The first-order valence-corrected chi connectivity index (χ1v) is 6.80. The van der Waals surface area contributed by atoms with E-state index in [2.05, 4.69) is 21.4 Å². The number of aromatic nitrogens is 2. The van der Waals surface area contributed by atoms with Gasteiger partial charge in [0.25, 0.3) is 0 Å². The van der Waals surface area contributed by atoms with Crippen LogP contribution in [0.1, 0.15) is 5.56 Å². The van der Waals surface area contributed by atoms with Crippen molar-refractivity contribution in [3.63, 3.8) is 0 Å². The minimum absolute atomic E-state index is 0.895. The molecule has 2 aromatic carbocycles. The van der Waals surface area contributed by atoms with Gasteiger partial charge in [-0.2, -0.15) is 15.3 Å². The van der Waals surface area contributed by atoms with Crippen molar-refractivity contribution in [2.24, 2.45) is 10.2 Å². The number of hydrogen-bond acceptors (Lipinski definition) is 3. The molecule has 0 saturated heterocycles. The van der Waals surface area contributed by atoms with Gasteiger partial charge in [0.05, 0.1) is 23.3 Å². The van der Waals surface area contributed by atoms with Crippen LogP contribution >= 0.6 is 0 Å². The first-order chi connectivity index (χ1) is 10.3. The Balaban J connectivity index is 2.07. The van der Waals surface area contributed by atoms with E-state index in [1.165, 1.54) is 0 Å². The fraction of sp³-hybridized carbons (Fsp3) is 0.118. The Morgan fingerprint density at radius 3 is 2.52 bits per heavy atom. The number of hydrogen-bond donors (Lipinski definition) is 0. The van der Waals surface area contributed by atoms with Gasteiger partial charge in [0.2, 0.25) is 0 Å². The Bertz CT molecular complexity index is 772. The molecule has 4 heteroatoms. The molecule has 0 N–H and O–H groups in total. The summed E-state index contributed by atoms with van der Waals surface area (Å²) in [4.78, 5) is 0. The lowest BCUT2D eigenvalue weighted by atomic mass is 10.1. The van der Waals surface area contributed by atoms with Gasteiger partial charge in [0.1, 0.15) is 0 Å². The van der Waals surface area contributed by atoms with Gasteiger partial charge in [0, 0.05) is 12.6 Å². The highest BCUT2D eigenvalue weighted by Crippen LogP contribution is 2.27. The maximum atomic E-state index is 4.43. The molecule has 0 amide bonds. The number of rotatable bonds is 3. The predicted octanol–water partition coefficient (Wildman–Crippen LogP) is 4.56. The molecule has 0 saturated carbocycles. The van der Waals surface area contributed by atoms with Gasteiger partial charge in [-0.1, -0.05) is 24.3 Å². The molecule has 0 bridgehead atoms. The Kier molecular flexibility index (Phi) is 3.60. The molecule has 1 heterocycles. The van der Waals surface area contributed by atoms with E-state index in [1.807, 2.05) is 66.3 Å². The summed E-state index contributed by atoms with van der Waals surface area (Å²) >= 11 is 0. The van der Waals surface area contributed by atoms with E-state index in [0.717, 1.165) is 28.2 Å². The molecule has 4 nitrogen and oxygen atoms in total. The summed E-state index contributed by atoms with van der Waals surface area (Å²) in [6.45, 7) is 2.04. The monoisotopic (exact) mass is 276 g/mol. The van der Waals surface area contributed by atoms with Gasteiger partial charge >= 0.3 is 0 Å². The molecular formula is C17H16N4. The summed E-state index contributed by atoms with van der Waals surface area (Å²) in [6, 6.07) is 18.3. The third-order valence-corrected chi connectivity index (χ3v) is 3.34.